The van der Waals surface area contributed by atoms with E-state index in [1.807, 2.05) is 7.05 Å². The average Bonchev–Trinajstić information content (AvgIpc) is 2.56. The Morgan fingerprint density at radius 2 is 2.13 bits per heavy atom. The summed E-state index contributed by atoms with van der Waals surface area (Å²) in [5, 5.41) is 4.37. The summed E-state index contributed by atoms with van der Waals surface area (Å²) < 4.78 is 5.78. The first-order chi connectivity index (χ1) is 7.26. The number of furan rings is 1. The second-order valence-electron chi connectivity index (χ2n) is 3.86. The molecule has 0 saturated heterocycles. The van der Waals surface area contributed by atoms with Crippen molar-refractivity contribution in [3.8, 4) is 0 Å². The second kappa shape index (κ2) is 4.07. The van der Waals surface area contributed by atoms with Crippen LogP contribution in [-0.2, 0) is 13.0 Å². The lowest BCUT2D eigenvalue weighted by atomic mass is 10.1. The summed E-state index contributed by atoms with van der Waals surface area (Å²) in [5.41, 5.74) is 3.62. The van der Waals surface area contributed by atoms with Crippen molar-refractivity contribution in [3.05, 3.63) is 35.1 Å². The first-order valence-corrected chi connectivity index (χ1v) is 5.41. The molecule has 80 valence electrons. The van der Waals surface area contributed by atoms with Crippen LogP contribution in [0.5, 0.6) is 0 Å². The van der Waals surface area contributed by atoms with Crippen LogP contribution in [0.15, 0.2) is 22.6 Å². The van der Waals surface area contributed by atoms with Crippen LogP contribution in [0.25, 0.3) is 11.0 Å². The molecule has 0 fully saturated rings. The Morgan fingerprint density at radius 3 is 2.80 bits per heavy atom. The van der Waals surface area contributed by atoms with Crippen molar-refractivity contribution in [1.29, 1.82) is 0 Å². The highest BCUT2D eigenvalue weighted by Gasteiger charge is 2.09. The zero-order valence-electron chi connectivity index (χ0n) is 9.55. The summed E-state index contributed by atoms with van der Waals surface area (Å²) in [4.78, 5) is 0. The maximum atomic E-state index is 5.78. The van der Waals surface area contributed by atoms with Gasteiger partial charge in [-0.3, -0.25) is 0 Å². The Hall–Kier alpha value is -1.28. The van der Waals surface area contributed by atoms with E-state index in [9.17, 15) is 0 Å². The molecule has 2 rings (SSSR count). The van der Waals surface area contributed by atoms with Gasteiger partial charge in [0, 0.05) is 5.39 Å². The third-order valence-corrected chi connectivity index (χ3v) is 2.84. The predicted molar refractivity (Wildman–Crippen MR) is 63.1 cm³/mol. The molecule has 1 heterocycles. The number of hydrogen-bond donors (Lipinski definition) is 1. The summed E-state index contributed by atoms with van der Waals surface area (Å²) in [6.45, 7) is 5.09. The Labute approximate surface area is 90.3 Å². The van der Waals surface area contributed by atoms with Gasteiger partial charge in [0.05, 0.1) is 6.54 Å². The van der Waals surface area contributed by atoms with E-state index in [-0.39, 0.29) is 0 Å². The van der Waals surface area contributed by atoms with Crippen molar-refractivity contribution in [1.82, 2.24) is 5.32 Å². The van der Waals surface area contributed by atoms with Crippen LogP contribution in [0, 0.1) is 6.92 Å². The first kappa shape index (κ1) is 10.2. The van der Waals surface area contributed by atoms with Gasteiger partial charge in [-0.15, -0.1) is 0 Å². The highest BCUT2D eigenvalue weighted by atomic mass is 16.3. The number of nitrogens with one attached hydrogen (secondary N) is 1. The molecule has 0 radical (unpaired) electrons. The van der Waals surface area contributed by atoms with E-state index >= 15 is 0 Å². The minimum atomic E-state index is 0.794. The van der Waals surface area contributed by atoms with E-state index in [2.05, 4.69) is 37.4 Å². The predicted octanol–water partition coefficient (Wildman–Crippen LogP) is 3.02. The topological polar surface area (TPSA) is 25.2 Å². The van der Waals surface area contributed by atoms with E-state index in [1.165, 1.54) is 16.5 Å². The minimum Gasteiger partial charge on any atom is -0.459 e. The Kier molecular flexibility index (Phi) is 2.78. The molecule has 0 unspecified atom stereocenters. The number of rotatable bonds is 3. The normalized spacial score (nSPS) is 11.1. The van der Waals surface area contributed by atoms with Crippen LogP contribution in [0.1, 0.15) is 23.8 Å². The van der Waals surface area contributed by atoms with E-state index in [1.54, 1.807) is 0 Å². The van der Waals surface area contributed by atoms with Crippen molar-refractivity contribution in [2.24, 2.45) is 0 Å². The molecule has 0 aliphatic carbocycles. The number of fused-ring (bicyclic) bond motifs is 1. The molecular weight excluding hydrogens is 186 g/mol. The summed E-state index contributed by atoms with van der Waals surface area (Å²) >= 11 is 0. The lowest BCUT2D eigenvalue weighted by Crippen LogP contribution is -2.04. The quantitative estimate of drug-likeness (QED) is 0.829. The third kappa shape index (κ3) is 1.77. The Bertz CT molecular complexity index is 471. The standard InChI is InChI=1S/C13H17NO/c1-4-10-5-6-12-11(7-10)9(2)13(15-12)8-14-3/h5-7,14H,4,8H2,1-3H3. The molecule has 1 N–H and O–H groups in total. The summed E-state index contributed by atoms with van der Waals surface area (Å²) in [7, 11) is 1.93. The number of benzene rings is 1. The first-order valence-electron chi connectivity index (χ1n) is 5.41. The fraction of sp³-hybridized carbons (Fsp3) is 0.385. The molecule has 0 spiro atoms. The van der Waals surface area contributed by atoms with Crippen LogP contribution in [0.4, 0.5) is 0 Å². The van der Waals surface area contributed by atoms with Gasteiger partial charge in [0.25, 0.3) is 0 Å². The van der Waals surface area contributed by atoms with Crippen molar-refractivity contribution in [2.75, 3.05) is 7.05 Å². The van der Waals surface area contributed by atoms with Gasteiger partial charge in [0.2, 0.25) is 0 Å². The monoisotopic (exact) mass is 203 g/mol. The van der Waals surface area contributed by atoms with Crippen LogP contribution < -0.4 is 5.32 Å². The molecule has 1 aromatic carbocycles. The molecule has 2 nitrogen and oxygen atoms in total. The molecular formula is C13H17NO. The van der Waals surface area contributed by atoms with Gasteiger partial charge < -0.3 is 9.73 Å². The molecule has 1 aromatic heterocycles. The minimum absolute atomic E-state index is 0.794. The largest absolute Gasteiger partial charge is 0.459 e. The van der Waals surface area contributed by atoms with Crippen molar-refractivity contribution in [3.63, 3.8) is 0 Å². The number of aryl methyl sites for hydroxylation is 2. The van der Waals surface area contributed by atoms with Gasteiger partial charge in [-0.05, 0) is 43.7 Å². The van der Waals surface area contributed by atoms with Gasteiger partial charge in [-0.1, -0.05) is 13.0 Å². The summed E-state index contributed by atoms with van der Waals surface area (Å²) in [6, 6.07) is 6.43. The van der Waals surface area contributed by atoms with Gasteiger partial charge in [-0.25, -0.2) is 0 Å². The number of hydrogen-bond acceptors (Lipinski definition) is 2. The van der Waals surface area contributed by atoms with Gasteiger partial charge in [0.15, 0.2) is 0 Å². The third-order valence-electron chi connectivity index (χ3n) is 2.84. The van der Waals surface area contributed by atoms with Crippen LogP contribution in [-0.4, -0.2) is 7.05 Å². The fourth-order valence-electron chi connectivity index (χ4n) is 1.87. The lowest BCUT2D eigenvalue weighted by Gasteiger charge is -1.96. The Balaban J connectivity index is 2.56. The van der Waals surface area contributed by atoms with Crippen LogP contribution in [0.3, 0.4) is 0 Å². The van der Waals surface area contributed by atoms with Gasteiger partial charge in [0.1, 0.15) is 11.3 Å². The SMILES string of the molecule is CCc1ccc2oc(CNC)c(C)c2c1. The summed E-state index contributed by atoms with van der Waals surface area (Å²) in [5.74, 6) is 1.04. The Morgan fingerprint density at radius 1 is 1.33 bits per heavy atom. The molecule has 0 amide bonds. The molecule has 0 aliphatic rings. The van der Waals surface area contributed by atoms with Crippen molar-refractivity contribution < 1.29 is 4.42 Å². The van der Waals surface area contributed by atoms with Gasteiger partial charge in [-0.2, -0.15) is 0 Å². The average molecular weight is 203 g/mol. The molecule has 0 bridgehead atoms. The molecule has 0 aliphatic heterocycles. The zero-order valence-corrected chi connectivity index (χ0v) is 9.55. The maximum Gasteiger partial charge on any atom is 0.134 e. The van der Waals surface area contributed by atoms with E-state index in [0.717, 1.165) is 24.3 Å². The van der Waals surface area contributed by atoms with Gasteiger partial charge >= 0.3 is 0 Å². The molecule has 2 heteroatoms. The van der Waals surface area contributed by atoms with Crippen LogP contribution in [0.2, 0.25) is 0 Å². The van der Waals surface area contributed by atoms with Crippen LogP contribution >= 0.6 is 0 Å². The highest BCUT2D eigenvalue weighted by molar-refractivity contribution is 5.82. The summed E-state index contributed by atoms with van der Waals surface area (Å²) in [6.07, 6.45) is 1.07. The smallest absolute Gasteiger partial charge is 0.134 e. The van der Waals surface area contributed by atoms with E-state index < -0.39 is 0 Å². The van der Waals surface area contributed by atoms with E-state index in [0.29, 0.717) is 0 Å². The second-order valence-corrected chi connectivity index (χ2v) is 3.86. The lowest BCUT2D eigenvalue weighted by molar-refractivity contribution is 0.527. The molecule has 15 heavy (non-hydrogen) atoms. The highest BCUT2D eigenvalue weighted by Crippen LogP contribution is 2.26. The van der Waals surface area contributed by atoms with E-state index in [4.69, 9.17) is 4.42 Å². The fourth-order valence-corrected chi connectivity index (χ4v) is 1.87. The maximum absolute atomic E-state index is 5.78. The molecule has 0 saturated carbocycles. The molecule has 0 atom stereocenters. The molecule has 2 aromatic rings. The van der Waals surface area contributed by atoms with Crippen molar-refractivity contribution >= 4 is 11.0 Å². The zero-order chi connectivity index (χ0) is 10.8. The van der Waals surface area contributed by atoms with Crippen molar-refractivity contribution in [2.45, 2.75) is 26.8 Å².